The molecule has 3 heterocycles. The van der Waals surface area contributed by atoms with Gasteiger partial charge in [0.2, 0.25) is 6.79 Å². The summed E-state index contributed by atoms with van der Waals surface area (Å²) < 4.78 is 15.6. The second-order valence-corrected chi connectivity index (χ2v) is 5.94. The molecule has 0 bridgehead atoms. The van der Waals surface area contributed by atoms with E-state index in [0.29, 0.717) is 28.5 Å². The summed E-state index contributed by atoms with van der Waals surface area (Å²) in [6.07, 6.45) is 0. The fraction of sp³-hybridized carbons (Fsp3) is 0.312. The van der Waals surface area contributed by atoms with Gasteiger partial charge in [0.1, 0.15) is 17.0 Å². The molecule has 4 rings (SSSR count). The van der Waals surface area contributed by atoms with Gasteiger partial charge < -0.3 is 19.3 Å². The Bertz CT molecular complexity index is 846. The number of fused-ring (bicyclic) bond motifs is 1. The van der Waals surface area contributed by atoms with E-state index >= 15 is 0 Å². The van der Waals surface area contributed by atoms with Crippen LogP contribution in [0.1, 0.15) is 23.9 Å². The summed E-state index contributed by atoms with van der Waals surface area (Å²) in [7, 11) is 0. The molecular formula is C16H15N3O5. The summed E-state index contributed by atoms with van der Waals surface area (Å²) in [5, 5.41) is 6.58. The van der Waals surface area contributed by atoms with Crippen molar-refractivity contribution < 1.29 is 23.6 Å². The second-order valence-electron chi connectivity index (χ2n) is 5.94. The summed E-state index contributed by atoms with van der Waals surface area (Å²) in [4.78, 5) is 26.3. The van der Waals surface area contributed by atoms with Gasteiger partial charge in [-0.3, -0.25) is 9.69 Å². The maximum absolute atomic E-state index is 12.9. The molecule has 0 radical (unpaired) electrons. The van der Waals surface area contributed by atoms with Crippen molar-refractivity contribution in [1.82, 2.24) is 15.4 Å². The number of hydrogen-bond acceptors (Lipinski definition) is 6. The molecule has 1 saturated heterocycles. The number of benzene rings is 1. The van der Waals surface area contributed by atoms with Crippen molar-refractivity contribution in [3.63, 3.8) is 0 Å². The van der Waals surface area contributed by atoms with Crippen LogP contribution in [0, 0.1) is 6.92 Å². The number of imide groups is 1. The van der Waals surface area contributed by atoms with Crippen LogP contribution in [0.25, 0.3) is 0 Å². The van der Waals surface area contributed by atoms with Crippen LogP contribution in [0.15, 0.2) is 28.8 Å². The number of nitrogens with zero attached hydrogens (tertiary/aromatic N) is 2. The fourth-order valence-corrected chi connectivity index (χ4v) is 2.90. The SMILES string of the molecule is Cc1cc(CN2C(=O)N[C@](C)(c3ccc4c(c3)OCO4)C2=O)no1. The molecule has 124 valence electrons. The number of carbonyl (C=O) groups excluding carboxylic acids is 2. The second kappa shape index (κ2) is 4.98. The molecule has 1 aromatic heterocycles. The number of nitrogens with one attached hydrogen (secondary N) is 1. The third-order valence-electron chi connectivity index (χ3n) is 4.22. The van der Waals surface area contributed by atoms with Gasteiger partial charge in [0.15, 0.2) is 11.5 Å². The zero-order valence-electron chi connectivity index (χ0n) is 13.2. The van der Waals surface area contributed by atoms with E-state index in [1.807, 2.05) is 0 Å². The van der Waals surface area contributed by atoms with Crippen LogP contribution in [0.5, 0.6) is 11.5 Å². The molecule has 8 nitrogen and oxygen atoms in total. The van der Waals surface area contributed by atoms with Gasteiger partial charge >= 0.3 is 6.03 Å². The lowest BCUT2D eigenvalue weighted by molar-refractivity contribution is -0.131. The molecule has 0 saturated carbocycles. The van der Waals surface area contributed by atoms with Gasteiger partial charge in [-0.1, -0.05) is 11.2 Å². The van der Waals surface area contributed by atoms with Gasteiger partial charge in [-0.15, -0.1) is 0 Å². The van der Waals surface area contributed by atoms with Crippen LogP contribution in [0.3, 0.4) is 0 Å². The first-order valence-electron chi connectivity index (χ1n) is 7.44. The minimum Gasteiger partial charge on any atom is -0.454 e. The van der Waals surface area contributed by atoms with Gasteiger partial charge in [-0.25, -0.2) is 4.79 Å². The van der Waals surface area contributed by atoms with Gasteiger partial charge in [-0.05, 0) is 31.5 Å². The van der Waals surface area contributed by atoms with Crippen LogP contribution < -0.4 is 14.8 Å². The summed E-state index contributed by atoms with van der Waals surface area (Å²) in [6, 6.07) is 6.41. The predicted octanol–water partition coefficient (Wildman–Crippen LogP) is 1.68. The molecule has 8 heteroatoms. The topological polar surface area (TPSA) is 93.9 Å². The Hall–Kier alpha value is -3.03. The fourth-order valence-electron chi connectivity index (χ4n) is 2.90. The highest BCUT2D eigenvalue weighted by atomic mass is 16.7. The Kier molecular flexibility index (Phi) is 3.02. The summed E-state index contributed by atoms with van der Waals surface area (Å²) in [5.74, 6) is 1.44. The quantitative estimate of drug-likeness (QED) is 0.861. The molecule has 2 aliphatic heterocycles. The first-order valence-corrected chi connectivity index (χ1v) is 7.44. The van der Waals surface area contributed by atoms with Crippen LogP contribution >= 0.6 is 0 Å². The molecule has 3 amide bonds. The first-order chi connectivity index (χ1) is 11.5. The first kappa shape index (κ1) is 14.6. The van der Waals surface area contributed by atoms with E-state index in [1.54, 1.807) is 38.1 Å². The maximum atomic E-state index is 12.9. The number of aryl methyl sites for hydroxylation is 1. The Labute approximate surface area is 137 Å². The average Bonchev–Trinajstić information content (AvgIpc) is 3.23. The number of amides is 3. The molecule has 1 fully saturated rings. The lowest BCUT2D eigenvalue weighted by Gasteiger charge is -2.22. The van der Waals surface area contributed by atoms with E-state index in [2.05, 4.69) is 10.5 Å². The molecule has 24 heavy (non-hydrogen) atoms. The van der Waals surface area contributed by atoms with E-state index in [9.17, 15) is 9.59 Å². The standard InChI is InChI=1S/C16H15N3O5/c1-9-5-11(18-24-9)7-19-14(20)16(2,17-15(19)21)10-3-4-12-13(6-10)23-8-22-12/h3-6H,7-8H2,1-2H3,(H,17,21)/t16-/m1/s1. The Morgan fingerprint density at radius 1 is 1.25 bits per heavy atom. The van der Waals surface area contributed by atoms with E-state index in [4.69, 9.17) is 14.0 Å². The minimum atomic E-state index is -1.17. The molecular weight excluding hydrogens is 314 g/mol. The molecule has 2 aliphatic rings. The highest BCUT2D eigenvalue weighted by molar-refractivity contribution is 6.07. The van der Waals surface area contributed by atoms with Gasteiger partial charge in [0.25, 0.3) is 5.91 Å². The smallest absolute Gasteiger partial charge is 0.325 e. The number of hydrogen-bond donors (Lipinski definition) is 1. The van der Waals surface area contributed by atoms with Crippen molar-refractivity contribution in [2.24, 2.45) is 0 Å². The van der Waals surface area contributed by atoms with Gasteiger partial charge in [-0.2, -0.15) is 0 Å². The third-order valence-corrected chi connectivity index (χ3v) is 4.22. The summed E-state index contributed by atoms with van der Waals surface area (Å²) in [5.41, 5.74) is -0.0218. The van der Waals surface area contributed by atoms with E-state index in [1.165, 1.54) is 0 Å². The Morgan fingerprint density at radius 2 is 2.04 bits per heavy atom. The van der Waals surface area contributed by atoms with Crippen LogP contribution in [-0.2, 0) is 16.9 Å². The molecule has 1 aromatic carbocycles. The lowest BCUT2D eigenvalue weighted by Crippen LogP contribution is -2.40. The Balaban J connectivity index is 1.64. The van der Waals surface area contributed by atoms with Crippen molar-refractivity contribution in [1.29, 1.82) is 0 Å². The van der Waals surface area contributed by atoms with Gasteiger partial charge in [0, 0.05) is 6.07 Å². The van der Waals surface area contributed by atoms with Crippen molar-refractivity contribution in [3.05, 3.63) is 41.3 Å². The molecule has 1 N–H and O–H groups in total. The average molecular weight is 329 g/mol. The predicted molar refractivity (Wildman–Crippen MR) is 80.2 cm³/mol. The zero-order chi connectivity index (χ0) is 16.9. The number of rotatable bonds is 3. The van der Waals surface area contributed by atoms with Crippen LogP contribution in [-0.4, -0.2) is 28.8 Å². The van der Waals surface area contributed by atoms with Crippen LogP contribution in [0.2, 0.25) is 0 Å². The van der Waals surface area contributed by atoms with E-state index in [-0.39, 0.29) is 19.2 Å². The van der Waals surface area contributed by atoms with E-state index in [0.717, 1.165) is 4.90 Å². The largest absolute Gasteiger partial charge is 0.454 e. The molecule has 0 spiro atoms. The maximum Gasteiger partial charge on any atom is 0.325 e. The zero-order valence-corrected chi connectivity index (χ0v) is 13.2. The van der Waals surface area contributed by atoms with Crippen LogP contribution in [0.4, 0.5) is 4.79 Å². The number of carbonyl (C=O) groups is 2. The normalized spacial score (nSPS) is 22.2. The molecule has 2 aromatic rings. The minimum absolute atomic E-state index is 0.0577. The number of ether oxygens (including phenoxy) is 2. The molecule has 0 aliphatic carbocycles. The van der Waals surface area contributed by atoms with Crippen molar-refractivity contribution in [2.45, 2.75) is 25.9 Å². The monoisotopic (exact) mass is 329 g/mol. The molecule has 1 atom stereocenters. The highest BCUT2D eigenvalue weighted by Crippen LogP contribution is 2.38. The number of aromatic nitrogens is 1. The molecule has 0 unspecified atom stereocenters. The third kappa shape index (κ3) is 2.10. The highest BCUT2D eigenvalue weighted by Gasteiger charge is 2.49. The van der Waals surface area contributed by atoms with Gasteiger partial charge in [0.05, 0.1) is 6.54 Å². The lowest BCUT2D eigenvalue weighted by atomic mass is 9.91. The van der Waals surface area contributed by atoms with Crippen molar-refractivity contribution in [2.75, 3.05) is 6.79 Å². The summed E-state index contributed by atoms with van der Waals surface area (Å²) >= 11 is 0. The van der Waals surface area contributed by atoms with Crippen molar-refractivity contribution >= 4 is 11.9 Å². The van der Waals surface area contributed by atoms with Crippen molar-refractivity contribution in [3.8, 4) is 11.5 Å². The summed E-state index contributed by atoms with van der Waals surface area (Å²) in [6.45, 7) is 3.62. The number of urea groups is 1. The Morgan fingerprint density at radius 3 is 2.79 bits per heavy atom. The van der Waals surface area contributed by atoms with E-state index < -0.39 is 11.6 Å².